The molecule has 0 aliphatic carbocycles. The van der Waals surface area contributed by atoms with E-state index in [1.54, 1.807) is 7.11 Å². The summed E-state index contributed by atoms with van der Waals surface area (Å²) in [6.07, 6.45) is 0.943. The number of hydrogen-bond donors (Lipinski definition) is 1. The van der Waals surface area contributed by atoms with Crippen molar-refractivity contribution in [3.05, 3.63) is 29.8 Å². The second kappa shape index (κ2) is 5.62. The molecular formula is C11H17NO2. The van der Waals surface area contributed by atoms with Gasteiger partial charge in [-0.1, -0.05) is 19.1 Å². The molecule has 0 unspecified atom stereocenters. The second-order valence-corrected chi connectivity index (χ2v) is 3.13. The van der Waals surface area contributed by atoms with Gasteiger partial charge in [-0.3, -0.25) is 0 Å². The standard InChI is InChI=1S/C11H17NO2/c1-3-11(12)9-4-6-10(7-5-9)14-8-13-2/h4-7,11H,3,8,12H2,1-2H3/t11-/m1/s1. The zero-order chi connectivity index (χ0) is 10.4. The highest BCUT2D eigenvalue weighted by Gasteiger charge is 2.02. The maximum atomic E-state index is 5.88. The topological polar surface area (TPSA) is 44.5 Å². The van der Waals surface area contributed by atoms with Crippen LogP contribution < -0.4 is 10.5 Å². The molecule has 0 aliphatic rings. The summed E-state index contributed by atoms with van der Waals surface area (Å²) in [5.74, 6) is 0.805. The first-order valence-electron chi connectivity index (χ1n) is 4.75. The summed E-state index contributed by atoms with van der Waals surface area (Å²) in [7, 11) is 1.60. The quantitative estimate of drug-likeness (QED) is 0.731. The Morgan fingerprint density at radius 3 is 2.43 bits per heavy atom. The summed E-state index contributed by atoms with van der Waals surface area (Å²) < 4.78 is 10.1. The van der Waals surface area contributed by atoms with Crippen molar-refractivity contribution in [2.45, 2.75) is 19.4 Å². The number of rotatable bonds is 5. The van der Waals surface area contributed by atoms with Gasteiger partial charge in [-0.15, -0.1) is 0 Å². The number of nitrogens with two attached hydrogens (primary N) is 1. The highest BCUT2D eigenvalue weighted by atomic mass is 16.7. The average molecular weight is 195 g/mol. The molecule has 3 nitrogen and oxygen atoms in total. The Morgan fingerprint density at radius 1 is 1.29 bits per heavy atom. The molecule has 14 heavy (non-hydrogen) atoms. The van der Waals surface area contributed by atoms with Crippen LogP contribution in [0.25, 0.3) is 0 Å². The first kappa shape index (κ1) is 11.0. The molecule has 0 heterocycles. The van der Waals surface area contributed by atoms with Gasteiger partial charge >= 0.3 is 0 Å². The van der Waals surface area contributed by atoms with Gasteiger partial charge in [-0.05, 0) is 24.1 Å². The predicted molar refractivity (Wildman–Crippen MR) is 56.2 cm³/mol. The van der Waals surface area contributed by atoms with E-state index < -0.39 is 0 Å². The molecule has 0 bridgehead atoms. The molecule has 78 valence electrons. The van der Waals surface area contributed by atoms with Crippen molar-refractivity contribution in [3.63, 3.8) is 0 Å². The van der Waals surface area contributed by atoms with Crippen molar-refractivity contribution in [1.82, 2.24) is 0 Å². The Morgan fingerprint density at radius 2 is 1.93 bits per heavy atom. The van der Waals surface area contributed by atoms with E-state index in [-0.39, 0.29) is 12.8 Å². The lowest BCUT2D eigenvalue weighted by Crippen LogP contribution is -2.08. The Bertz CT molecular complexity index is 258. The van der Waals surface area contributed by atoms with Crippen LogP contribution in [-0.2, 0) is 4.74 Å². The zero-order valence-corrected chi connectivity index (χ0v) is 8.69. The van der Waals surface area contributed by atoms with Gasteiger partial charge < -0.3 is 15.2 Å². The van der Waals surface area contributed by atoms with E-state index in [0.29, 0.717) is 0 Å². The van der Waals surface area contributed by atoms with Crippen LogP contribution in [0.4, 0.5) is 0 Å². The Balaban J connectivity index is 2.59. The molecule has 0 aliphatic heterocycles. The van der Waals surface area contributed by atoms with Crippen LogP contribution in [0.15, 0.2) is 24.3 Å². The fraction of sp³-hybridized carbons (Fsp3) is 0.455. The molecule has 1 aromatic carbocycles. The minimum absolute atomic E-state index is 0.117. The van der Waals surface area contributed by atoms with Crippen molar-refractivity contribution in [1.29, 1.82) is 0 Å². The van der Waals surface area contributed by atoms with Crippen LogP contribution in [0.3, 0.4) is 0 Å². The highest BCUT2D eigenvalue weighted by Crippen LogP contribution is 2.17. The predicted octanol–water partition coefficient (Wildman–Crippen LogP) is 2.08. The van der Waals surface area contributed by atoms with Crippen molar-refractivity contribution < 1.29 is 9.47 Å². The van der Waals surface area contributed by atoms with Gasteiger partial charge in [0.15, 0.2) is 6.79 Å². The van der Waals surface area contributed by atoms with Crippen molar-refractivity contribution in [2.24, 2.45) is 5.73 Å². The van der Waals surface area contributed by atoms with E-state index in [9.17, 15) is 0 Å². The summed E-state index contributed by atoms with van der Waals surface area (Å²) in [6, 6.07) is 7.90. The van der Waals surface area contributed by atoms with E-state index in [2.05, 4.69) is 6.92 Å². The minimum Gasteiger partial charge on any atom is -0.468 e. The SMILES string of the molecule is CC[C@@H](N)c1ccc(OCOC)cc1. The highest BCUT2D eigenvalue weighted by molar-refractivity contribution is 5.28. The molecule has 2 N–H and O–H groups in total. The van der Waals surface area contributed by atoms with Gasteiger partial charge in [-0.25, -0.2) is 0 Å². The van der Waals surface area contributed by atoms with E-state index in [0.717, 1.165) is 17.7 Å². The van der Waals surface area contributed by atoms with Gasteiger partial charge in [0.05, 0.1) is 0 Å². The van der Waals surface area contributed by atoms with E-state index in [1.807, 2.05) is 24.3 Å². The summed E-state index contributed by atoms with van der Waals surface area (Å²) >= 11 is 0. The van der Waals surface area contributed by atoms with E-state index >= 15 is 0 Å². The first-order chi connectivity index (χ1) is 6.77. The van der Waals surface area contributed by atoms with Crippen LogP contribution in [-0.4, -0.2) is 13.9 Å². The smallest absolute Gasteiger partial charge is 0.188 e. The third kappa shape index (κ3) is 3.01. The summed E-state index contributed by atoms with van der Waals surface area (Å²) in [5, 5.41) is 0. The number of ether oxygens (including phenoxy) is 2. The summed E-state index contributed by atoms with van der Waals surface area (Å²) in [4.78, 5) is 0. The van der Waals surface area contributed by atoms with E-state index in [4.69, 9.17) is 15.2 Å². The molecule has 0 saturated heterocycles. The lowest BCUT2D eigenvalue weighted by atomic mass is 10.1. The molecule has 0 saturated carbocycles. The molecule has 1 aromatic rings. The lowest BCUT2D eigenvalue weighted by Gasteiger charge is -2.10. The van der Waals surface area contributed by atoms with Crippen LogP contribution in [0.2, 0.25) is 0 Å². The maximum Gasteiger partial charge on any atom is 0.188 e. The summed E-state index contributed by atoms with van der Waals surface area (Å²) in [6.45, 7) is 2.35. The van der Waals surface area contributed by atoms with Crippen molar-refractivity contribution in [3.8, 4) is 5.75 Å². The third-order valence-electron chi connectivity index (χ3n) is 2.09. The molecule has 0 fully saturated rings. The minimum atomic E-state index is 0.117. The number of methoxy groups -OCH3 is 1. The molecule has 3 heteroatoms. The fourth-order valence-corrected chi connectivity index (χ4v) is 1.17. The van der Waals surface area contributed by atoms with Crippen LogP contribution in [0.5, 0.6) is 5.75 Å². The van der Waals surface area contributed by atoms with Crippen LogP contribution in [0.1, 0.15) is 24.9 Å². The van der Waals surface area contributed by atoms with Crippen molar-refractivity contribution in [2.75, 3.05) is 13.9 Å². The number of benzene rings is 1. The van der Waals surface area contributed by atoms with Gasteiger partial charge in [0.2, 0.25) is 0 Å². The maximum absolute atomic E-state index is 5.88. The monoisotopic (exact) mass is 195 g/mol. The molecular weight excluding hydrogens is 178 g/mol. The number of hydrogen-bond acceptors (Lipinski definition) is 3. The first-order valence-corrected chi connectivity index (χ1v) is 4.75. The van der Waals surface area contributed by atoms with Crippen molar-refractivity contribution >= 4 is 0 Å². The van der Waals surface area contributed by atoms with Crippen LogP contribution in [0, 0.1) is 0 Å². The zero-order valence-electron chi connectivity index (χ0n) is 8.69. The molecule has 0 spiro atoms. The molecule has 0 radical (unpaired) electrons. The van der Waals surface area contributed by atoms with Gasteiger partial charge in [0, 0.05) is 13.2 Å². The van der Waals surface area contributed by atoms with E-state index in [1.165, 1.54) is 0 Å². The lowest BCUT2D eigenvalue weighted by molar-refractivity contribution is 0.0511. The Hall–Kier alpha value is -1.06. The molecule has 0 amide bonds. The Kier molecular flexibility index (Phi) is 4.43. The average Bonchev–Trinajstić information content (AvgIpc) is 2.26. The van der Waals surface area contributed by atoms with Gasteiger partial charge in [-0.2, -0.15) is 0 Å². The van der Waals surface area contributed by atoms with Gasteiger partial charge in [0.25, 0.3) is 0 Å². The summed E-state index contributed by atoms with van der Waals surface area (Å²) in [5.41, 5.74) is 7.02. The van der Waals surface area contributed by atoms with Gasteiger partial charge in [0.1, 0.15) is 5.75 Å². The van der Waals surface area contributed by atoms with Crippen LogP contribution >= 0.6 is 0 Å². The molecule has 1 rings (SSSR count). The molecule has 0 aromatic heterocycles. The largest absolute Gasteiger partial charge is 0.468 e. The Labute approximate surface area is 84.8 Å². The second-order valence-electron chi connectivity index (χ2n) is 3.13. The third-order valence-corrected chi connectivity index (χ3v) is 2.09. The fourth-order valence-electron chi connectivity index (χ4n) is 1.17. The molecule has 1 atom stereocenters. The normalized spacial score (nSPS) is 12.5.